The van der Waals surface area contributed by atoms with E-state index in [9.17, 15) is 5.11 Å². The number of aliphatic hydroxyl groups is 1. The molecule has 0 aliphatic heterocycles. The van der Waals surface area contributed by atoms with Crippen LogP contribution in [0.1, 0.15) is 25.5 Å². The Labute approximate surface area is 112 Å². The van der Waals surface area contributed by atoms with Crippen LogP contribution in [0.2, 0.25) is 0 Å². The van der Waals surface area contributed by atoms with Crippen LogP contribution in [0.25, 0.3) is 0 Å². The summed E-state index contributed by atoms with van der Waals surface area (Å²) in [6.45, 7) is 4.55. The summed E-state index contributed by atoms with van der Waals surface area (Å²) in [6.07, 6.45) is -0.443. The molecule has 0 fully saturated rings. The Morgan fingerprint density at radius 1 is 1.41 bits per heavy atom. The number of nitrogens with zero attached hydrogens (tertiary/aromatic N) is 1. The molecule has 0 saturated heterocycles. The zero-order valence-corrected chi connectivity index (χ0v) is 12.4. The SMILES string of the molecule is COCC(C)N(C)c1ccc([C@@H](C)O)cc1Br. The minimum absolute atomic E-state index is 0.300. The summed E-state index contributed by atoms with van der Waals surface area (Å²) in [6, 6.07) is 6.21. The Balaban J connectivity index is 2.91. The average Bonchev–Trinajstić information content (AvgIpc) is 2.28. The van der Waals surface area contributed by atoms with Crippen LogP contribution in [0.3, 0.4) is 0 Å². The second-order valence-electron chi connectivity index (χ2n) is 4.30. The number of benzene rings is 1. The van der Waals surface area contributed by atoms with Gasteiger partial charge in [0.2, 0.25) is 0 Å². The van der Waals surface area contributed by atoms with Gasteiger partial charge in [-0.25, -0.2) is 0 Å². The smallest absolute Gasteiger partial charge is 0.0762 e. The van der Waals surface area contributed by atoms with E-state index in [1.807, 2.05) is 25.2 Å². The van der Waals surface area contributed by atoms with Crippen molar-refractivity contribution in [3.8, 4) is 0 Å². The average molecular weight is 302 g/mol. The molecule has 0 saturated carbocycles. The maximum absolute atomic E-state index is 9.52. The zero-order chi connectivity index (χ0) is 13.0. The standard InChI is InChI=1S/C13H20BrNO2/c1-9(8-17-4)15(3)13-6-5-11(10(2)16)7-12(13)14/h5-7,9-10,16H,8H2,1-4H3/t9?,10-/m1/s1. The number of hydrogen-bond acceptors (Lipinski definition) is 3. The van der Waals surface area contributed by atoms with E-state index in [-0.39, 0.29) is 0 Å². The zero-order valence-electron chi connectivity index (χ0n) is 10.8. The predicted molar refractivity (Wildman–Crippen MR) is 74.5 cm³/mol. The number of rotatable bonds is 5. The first-order chi connectivity index (χ1) is 7.97. The molecule has 0 heterocycles. The molecule has 1 aromatic carbocycles. The van der Waals surface area contributed by atoms with Crippen LogP contribution in [0.15, 0.2) is 22.7 Å². The third kappa shape index (κ3) is 3.69. The molecule has 17 heavy (non-hydrogen) atoms. The van der Waals surface area contributed by atoms with E-state index in [0.29, 0.717) is 12.6 Å². The van der Waals surface area contributed by atoms with Gasteiger partial charge in [0, 0.05) is 24.7 Å². The van der Waals surface area contributed by atoms with Crippen LogP contribution in [0, 0.1) is 0 Å². The number of aliphatic hydroxyl groups excluding tert-OH is 1. The van der Waals surface area contributed by atoms with Gasteiger partial charge in [-0.1, -0.05) is 6.07 Å². The number of methoxy groups -OCH3 is 1. The lowest BCUT2D eigenvalue weighted by Crippen LogP contribution is -2.32. The Morgan fingerprint density at radius 3 is 2.53 bits per heavy atom. The summed E-state index contributed by atoms with van der Waals surface area (Å²) >= 11 is 3.54. The van der Waals surface area contributed by atoms with E-state index in [1.165, 1.54) is 0 Å². The van der Waals surface area contributed by atoms with E-state index in [4.69, 9.17) is 4.74 Å². The molecule has 0 amide bonds. The highest BCUT2D eigenvalue weighted by molar-refractivity contribution is 9.10. The predicted octanol–water partition coefficient (Wildman–Crippen LogP) is 2.97. The van der Waals surface area contributed by atoms with Crippen molar-refractivity contribution in [1.29, 1.82) is 0 Å². The maximum atomic E-state index is 9.52. The number of hydrogen-bond donors (Lipinski definition) is 1. The minimum atomic E-state index is -0.443. The molecule has 1 unspecified atom stereocenters. The van der Waals surface area contributed by atoms with Gasteiger partial charge in [0.15, 0.2) is 0 Å². The van der Waals surface area contributed by atoms with Crippen molar-refractivity contribution in [2.75, 3.05) is 25.7 Å². The molecule has 4 heteroatoms. The molecule has 0 aromatic heterocycles. The number of ether oxygens (including phenoxy) is 1. The second-order valence-corrected chi connectivity index (χ2v) is 5.16. The fourth-order valence-electron chi connectivity index (χ4n) is 1.66. The van der Waals surface area contributed by atoms with Crippen molar-refractivity contribution >= 4 is 21.6 Å². The molecule has 96 valence electrons. The lowest BCUT2D eigenvalue weighted by Gasteiger charge is -2.27. The topological polar surface area (TPSA) is 32.7 Å². The number of halogens is 1. The normalized spacial score (nSPS) is 14.5. The van der Waals surface area contributed by atoms with E-state index in [1.54, 1.807) is 14.0 Å². The Kier molecular flexibility index (Phi) is 5.43. The molecule has 0 aliphatic rings. The van der Waals surface area contributed by atoms with Gasteiger partial charge in [-0.2, -0.15) is 0 Å². The molecular formula is C13H20BrNO2. The Hall–Kier alpha value is -0.580. The lowest BCUT2D eigenvalue weighted by atomic mass is 10.1. The highest BCUT2D eigenvalue weighted by Crippen LogP contribution is 2.29. The first-order valence-electron chi connectivity index (χ1n) is 5.66. The third-order valence-corrected chi connectivity index (χ3v) is 3.54. The molecule has 1 N–H and O–H groups in total. The van der Waals surface area contributed by atoms with Crippen LogP contribution in [-0.4, -0.2) is 31.9 Å². The molecule has 3 nitrogen and oxygen atoms in total. The van der Waals surface area contributed by atoms with E-state index < -0.39 is 6.10 Å². The summed E-state index contributed by atoms with van der Waals surface area (Å²) in [5.41, 5.74) is 2.01. The molecule has 0 spiro atoms. The molecule has 0 aliphatic carbocycles. The third-order valence-electron chi connectivity index (χ3n) is 2.90. The first-order valence-corrected chi connectivity index (χ1v) is 6.46. The van der Waals surface area contributed by atoms with Gasteiger partial charge in [0.05, 0.1) is 18.4 Å². The summed E-state index contributed by atoms with van der Waals surface area (Å²) in [5, 5.41) is 9.52. The highest BCUT2D eigenvalue weighted by atomic mass is 79.9. The van der Waals surface area contributed by atoms with Gasteiger partial charge in [0.25, 0.3) is 0 Å². The summed E-state index contributed by atoms with van der Waals surface area (Å²) in [4.78, 5) is 2.15. The van der Waals surface area contributed by atoms with Gasteiger partial charge >= 0.3 is 0 Å². The maximum Gasteiger partial charge on any atom is 0.0762 e. The molecule has 2 atom stereocenters. The van der Waals surface area contributed by atoms with Gasteiger partial charge in [0.1, 0.15) is 0 Å². The van der Waals surface area contributed by atoms with Crippen LogP contribution in [0.4, 0.5) is 5.69 Å². The summed E-state index contributed by atoms with van der Waals surface area (Å²) in [7, 11) is 3.74. The fourth-order valence-corrected chi connectivity index (χ4v) is 2.34. The van der Waals surface area contributed by atoms with Crippen LogP contribution in [-0.2, 0) is 4.74 Å². The number of anilines is 1. The van der Waals surface area contributed by atoms with Crippen molar-refractivity contribution < 1.29 is 9.84 Å². The van der Waals surface area contributed by atoms with Crippen molar-refractivity contribution in [2.45, 2.75) is 26.0 Å². The van der Waals surface area contributed by atoms with E-state index >= 15 is 0 Å². The quantitative estimate of drug-likeness (QED) is 0.907. The van der Waals surface area contributed by atoms with Gasteiger partial charge in [-0.15, -0.1) is 0 Å². The van der Waals surface area contributed by atoms with Gasteiger partial charge in [-0.05, 0) is 47.5 Å². The number of likely N-dealkylation sites (N-methyl/N-ethyl adjacent to an activating group) is 1. The van der Waals surface area contributed by atoms with Crippen molar-refractivity contribution in [3.63, 3.8) is 0 Å². The molecule has 1 aromatic rings. The first kappa shape index (κ1) is 14.5. The molecule has 0 radical (unpaired) electrons. The summed E-state index contributed by atoms with van der Waals surface area (Å²) < 4.78 is 6.14. The Bertz CT molecular complexity index is 368. The van der Waals surface area contributed by atoms with Gasteiger partial charge in [-0.3, -0.25) is 0 Å². The minimum Gasteiger partial charge on any atom is -0.389 e. The highest BCUT2D eigenvalue weighted by Gasteiger charge is 2.13. The largest absolute Gasteiger partial charge is 0.389 e. The van der Waals surface area contributed by atoms with Crippen LogP contribution in [0.5, 0.6) is 0 Å². The van der Waals surface area contributed by atoms with Crippen molar-refractivity contribution in [1.82, 2.24) is 0 Å². The monoisotopic (exact) mass is 301 g/mol. The van der Waals surface area contributed by atoms with E-state index in [0.717, 1.165) is 15.7 Å². The van der Waals surface area contributed by atoms with Crippen LogP contribution >= 0.6 is 15.9 Å². The van der Waals surface area contributed by atoms with E-state index in [2.05, 4.69) is 27.8 Å². The van der Waals surface area contributed by atoms with Crippen molar-refractivity contribution in [2.24, 2.45) is 0 Å². The molecular weight excluding hydrogens is 282 g/mol. The van der Waals surface area contributed by atoms with Crippen LogP contribution < -0.4 is 4.90 Å². The lowest BCUT2D eigenvalue weighted by molar-refractivity contribution is 0.183. The second kappa shape index (κ2) is 6.38. The van der Waals surface area contributed by atoms with Gasteiger partial charge < -0.3 is 14.7 Å². The molecule has 1 rings (SSSR count). The van der Waals surface area contributed by atoms with Crippen molar-refractivity contribution in [3.05, 3.63) is 28.2 Å². The molecule has 0 bridgehead atoms. The fraction of sp³-hybridized carbons (Fsp3) is 0.538. The Morgan fingerprint density at radius 2 is 2.06 bits per heavy atom. The summed E-state index contributed by atoms with van der Waals surface area (Å²) in [5.74, 6) is 0.